The molecule has 0 saturated heterocycles. The topological polar surface area (TPSA) is 67.9 Å². The van der Waals surface area contributed by atoms with Gasteiger partial charge in [-0.3, -0.25) is 4.68 Å². The lowest BCUT2D eigenvalue weighted by molar-refractivity contribution is 0.0467. The van der Waals surface area contributed by atoms with Crippen LogP contribution in [0.5, 0.6) is 0 Å². The van der Waals surface area contributed by atoms with Crippen LogP contribution in [0.25, 0.3) is 0 Å². The summed E-state index contributed by atoms with van der Waals surface area (Å²) in [6.45, 7) is 3.29. The first kappa shape index (κ1) is 14.7. The Balaban J connectivity index is 2.13. The maximum atomic E-state index is 13.7. The van der Waals surface area contributed by atoms with Gasteiger partial charge in [0, 0.05) is 18.3 Å². The number of esters is 1. The van der Waals surface area contributed by atoms with Gasteiger partial charge in [-0.05, 0) is 26.0 Å². The SMILES string of the molecule is Cc1nn(C)c(C)c1C(=O)OCc1ccc(C#N)cc1F. The Hall–Kier alpha value is -2.68. The number of carbonyl (C=O) groups is 1. The van der Waals surface area contributed by atoms with E-state index in [0.717, 1.165) is 6.07 Å². The van der Waals surface area contributed by atoms with Crippen LogP contribution in [0, 0.1) is 31.0 Å². The van der Waals surface area contributed by atoms with Gasteiger partial charge in [0.25, 0.3) is 0 Å². The molecule has 0 amide bonds. The molecule has 0 aliphatic heterocycles. The maximum absolute atomic E-state index is 13.7. The molecule has 0 bridgehead atoms. The van der Waals surface area contributed by atoms with E-state index in [1.807, 2.05) is 6.07 Å². The third-order valence-electron chi connectivity index (χ3n) is 3.25. The van der Waals surface area contributed by atoms with Crippen molar-refractivity contribution in [3.05, 3.63) is 52.1 Å². The molecule has 0 radical (unpaired) electrons. The van der Waals surface area contributed by atoms with Crippen molar-refractivity contribution < 1.29 is 13.9 Å². The summed E-state index contributed by atoms with van der Waals surface area (Å²) in [7, 11) is 1.74. The predicted molar refractivity (Wildman–Crippen MR) is 72.9 cm³/mol. The van der Waals surface area contributed by atoms with Crippen LogP contribution in [-0.2, 0) is 18.4 Å². The number of nitrogens with zero attached hydrogens (tertiary/aromatic N) is 3. The summed E-state index contributed by atoms with van der Waals surface area (Å²) in [5.74, 6) is -1.11. The quantitative estimate of drug-likeness (QED) is 0.813. The maximum Gasteiger partial charge on any atom is 0.342 e. The zero-order valence-corrected chi connectivity index (χ0v) is 12.0. The first-order valence-corrected chi connectivity index (χ1v) is 6.30. The van der Waals surface area contributed by atoms with Gasteiger partial charge in [-0.2, -0.15) is 10.4 Å². The molecule has 5 nitrogen and oxygen atoms in total. The summed E-state index contributed by atoms with van der Waals surface area (Å²) in [6, 6.07) is 5.87. The molecular weight excluding hydrogens is 273 g/mol. The fourth-order valence-electron chi connectivity index (χ4n) is 2.02. The average Bonchev–Trinajstić information content (AvgIpc) is 2.70. The molecule has 2 rings (SSSR count). The minimum atomic E-state index is -0.568. The second kappa shape index (κ2) is 5.75. The van der Waals surface area contributed by atoms with Crippen LogP contribution in [0.2, 0.25) is 0 Å². The number of rotatable bonds is 3. The molecule has 0 N–H and O–H groups in total. The first-order chi connectivity index (χ1) is 9.93. The lowest BCUT2D eigenvalue weighted by Crippen LogP contribution is -2.09. The van der Waals surface area contributed by atoms with Crippen molar-refractivity contribution in [1.82, 2.24) is 9.78 Å². The van der Waals surface area contributed by atoms with E-state index in [0.29, 0.717) is 17.0 Å². The summed E-state index contributed by atoms with van der Waals surface area (Å²) in [5, 5.41) is 12.8. The lowest BCUT2D eigenvalue weighted by atomic mass is 10.1. The molecule has 0 aliphatic rings. The normalized spacial score (nSPS) is 10.2. The molecule has 1 aromatic heterocycles. The molecule has 0 fully saturated rings. The standard InChI is InChI=1S/C15H14FN3O2/c1-9-14(10(2)19(3)18-9)15(20)21-8-12-5-4-11(7-17)6-13(12)16/h4-6H,8H2,1-3H3. The van der Waals surface area contributed by atoms with Gasteiger partial charge in [-0.25, -0.2) is 9.18 Å². The molecule has 0 atom stereocenters. The van der Waals surface area contributed by atoms with Gasteiger partial charge in [-0.15, -0.1) is 0 Å². The fourth-order valence-corrected chi connectivity index (χ4v) is 2.02. The summed E-state index contributed by atoms with van der Waals surface area (Å²) >= 11 is 0. The zero-order valence-electron chi connectivity index (χ0n) is 12.0. The molecule has 1 heterocycles. The van der Waals surface area contributed by atoms with E-state index in [2.05, 4.69) is 5.10 Å². The highest BCUT2D eigenvalue weighted by Gasteiger charge is 2.19. The fraction of sp³-hybridized carbons (Fsp3) is 0.267. The van der Waals surface area contributed by atoms with Gasteiger partial charge in [0.15, 0.2) is 0 Å². The van der Waals surface area contributed by atoms with Crippen molar-refractivity contribution in [2.45, 2.75) is 20.5 Å². The number of aryl methyl sites for hydroxylation is 2. The summed E-state index contributed by atoms with van der Waals surface area (Å²) in [5.41, 5.74) is 2.10. The van der Waals surface area contributed by atoms with E-state index in [1.165, 1.54) is 12.1 Å². The number of hydrogen-bond acceptors (Lipinski definition) is 4. The zero-order chi connectivity index (χ0) is 15.6. The highest BCUT2D eigenvalue weighted by Crippen LogP contribution is 2.16. The van der Waals surface area contributed by atoms with Gasteiger partial charge in [0.2, 0.25) is 0 Å². The van der Waals surface area contributed by atoms with Crippen LogP contribution in [0.1, 0.15) is 32.9 Å². The van der Waals surface area contributed by atoms with Gasteiger partial charge in [0.05, 0.1) is 17.3 Å². The Kier molecular flexibility index (Phi) is 4.03. The summed E-state index contributed by atoms with van der Waals surface area (Å²) in [4.78, 5) is 12.1. The Morgan fingerprint density at radius 3 is 2.71 bits per heavy atom. The Bertz CT molecular complexity index is 744. The number of nitriles is 1. The largest absolute Gasteiger partial charge is 0.457 e. The van der Waals surface area contributed by atoms with Gasteiger partial charge >= 0.3 is 5.97 Å². The Morgan fingerprint density at radius 2 is 2.19 bits per heavy atom. The highest BCUT2D eigenvalue weighted by atomic mass is 19.1. The molecule has 2 aromatic rings. The van der Waals surface area contributed by atoms with Crippen molar-refractivity contribution in [3.8, 4) is 6.07 Å². The smallest absolute Gasteiger partial charge is 0.342 e. The van der Waals surface area contributed by atoms with E-state index in [4.69, 9.17) is 10.00 Å². The molecule has 108 valence electrons. The molecule has 1 aromatic carbocycles. The van der Waals surface area contributed by atoms with Gasteiger partial charge < -0.3 is 4.74 Å². The molecule has 6 heteroatoms. The van der Waals surface area contributed by atoms with Crippen LogP contribution in [-0.4, -0.2) is 15.7 Å². The minimum absolute atomic E-state index is 0.190. The van der Waals surface area contributed by atoms with E-state index < -0.39 is 11.8 Å². The number of hydrogen-bond donors (Lipinski definition) is 0. The molecular formula is C15H14FN3O2. The van der Waals surface area contributed by atoms with E-state index in [-0.39, 0.29) is 17.7 Å². The predicted octanol–water partition coefficient (Wildman–Crippen LogP) is 2.40. The first-order valence-electron chi connectivity index (χ1n) is 6.30. The molecule has 0 saturated carbocycles. The number of carbonyl (C=O) groups excluding carboxylic acids is 1. The Labute approximate surface area is 121 Å². The third kappa shape index (κ3) is 2.92. The van der Waals surface area contributed by atoms with E-state index >= 15 is 0 Å². The van der Waals surface area contributed by atoms with Crippen molar-refractivity contribution in [3.63, 3.8) is 0 Å². The van der Waals surface area contributed by atoms with Crippen LogP contribution in [0.15, 0.2) is 18.2 Å². The van der Waals surface area contributed by atoms with Crippen molar-refractivity contribution in [2.75, 3.05) is 0 Å². The van der Waals surface area contributed by atoms with Crippen molar-refractivity contribution in [2.24, 2.45) is 7.05 Å². The minimum Gasteiger partial charge on any atom is -0.457 e. The summed E-state index contributed by atoms with van der Waals surface area (Å²) in [6.07, 6.45) is 0. The van der Waals surface area contributed by atoms with E-state index in [9.17, 15) is 9.18 Å². The van der Waals surface area contributed by atoms with Crippen molar-refractivity contribution >= 4 is 5.97 Å². The number of benzene rings is 1. The molecule has 21 heavy (non-hydrogen) atoms. The molecule has 0 aliphatic carbocycles. The summed E-state index contributed by atoms with van der Waals surface area (Å²) < 4.78 is 20.4. The molecule has 0 unspecified atom stereocenters. The van der Waals surface area contributed by atoms with E-state index in [1.54, 1.807) is 25.6 Å². The van der Waals surface area contributed by atoms with Crippen LogP contribution >= 0.6 is 0 Å². The van der Waals surface area contributed by atoms with Crippen LogP contribution < -0.4 is 0 Å². The van der Waals surface area contributed by atoms with Gasteiger partial charge in [-0.1, -0.05) is 6.07 Å². The number of ether oxygens (including phenoxy) is 1. The molecule has 0 spiro atoms. The second-order valence-electron chi connectivity index (χ2n) is 4.66. The average molecular weight is 287 g/mol. The monoisotopic (exact) mass is 287 g/mol. The van der Waals surface area contributed by atoms with Crippen LogP contribution in [0.4, 0.5) is 4.39 Å². The second-order valence-corrected chi connectivity index (χ2v) is 4.66. The lowest BCUT2D eigenvalue weighted by Gasteiger charge is -2.06. The van der Waals surface area contributed by atoms with Crippen LogP contribution in [0.3, 0.4) is 0 Å². The Morgan fingerprint density at radius 1 is 1.48 bits per heavy atom. The number of aromatic nitrogens is 2. The van der Waals surface area contributed by atoms with Crippen molar-refractivity contribution in [1.29, 1.82) is 5.26 Å². The highest BCUT2D eigenvalue weighted by molar-refractivity contribution is 5.91. The van der Waals surface area contributed by atoms with Gasteiger partial charge in [0.1, 0.15) is 18.0 Å². The third-order valence-corrected chi connectivity index (χ3v) is 3.25. The number of halogens is 1.